The van der Waals surface area contributed by atoms with Crippen LogP contribution in [0, 0.1) is 12.3 Å². The van der Waals surface area contributed by atoms with Gasteiger partial charge in [0.25, 0.3) is 6.09 Å². The molecule has 1 aromatic carbocycles. The lowest BCUT2D eigenvalue weighted by Crippen LogP contribution is -2.62. The molecule has 4 heteroatoms. The molecule has 0 fully saturated rings. The van der Waals surface area contributed by atoms with Gasteiger partial charge in [-0.1, -0.05) is 22.8 Å². The summed E-state index contributed by atoms with van der Waals surface area (Å²) in [5.41, 5.74) is 0.169. The molecule has 0 radical (unpaired) electrons. The molecule has 1 N–H and O–H groups in total. The van der Waals surface area contributed by atoms with Crippen LogP contribution in [0.4, 0.5) is 10.5 Å². The highest BCUT2D eigenvalue weighted by atomic mass is 16.6. The lowest BCUT2D eigenvalue weighted by molar-refractivity contribution is -0.292. The van der Waals surface area contributed by atoms with Crippen molar-refractivity contribution < 1.29 is 15.1 Å². The number of terminal acetylenes is 1. The summed E-state index contributed by atoms with van der Waals surface area (Å²) >= 11 is 0. The second-order valence-electron chi connectivity index (χ2n) is 3.13. The number of amides is 1. The maximum Gasteiger partial charge on any atom is 0.298 e. The molecule has 0 aromatic heterocycles. The Labute approximate surface area is 87.9 Å². The highest BCUT2D eigenvalue weighted by Gasteiger charge is 2.37. The van der Waals surface area contributed by atoms with Crippen LogP contribution in [0.25, 0.3) is 0 Å². The summed E-state index contributed by atoms with van der Waals surface area (Å²) in [6, 6.07) is 6.98. The summed E-state index contributed by atoms with van der Waals surface area (Å²) < 4.78 is -1.41. The summed E-state index contributed by atoms with van der Waals surface area (Å²) in [7, 11) is 0. The fourth-order valence-corrected chi connectivity index (χ4v) is 1.25. The van der Waals surface area contributed by atoms with E-state index in [4.69, 9.17) is 6.42 Å². The topological polar surface area (TPSA) is 60.4 Å². The number of carbonyl (C=O) groups is 1. The third-order valence-corrected chi connectivity index (χ3v) is 2.23. The Morgan fingerprint density at radius 3 is 2.47 bits per heavy atom. The van der Waals surface area contributed by atoms with Crippen LogP contribution >= 0.6 is 0 Å². The van der Waals surface area contributed by atoms with Gasteiger partial charge in [-0.2, -0.15) is 0 Å². The summed E-state index contributed by atoms with van der Waals surface area (Å²) in [6.45, 7) is 1.43. The van der Waals surface area contributed by atoms with Crippen LogP contribution < -0.4 is 9.75 Å². The Balaban J connectivity index is 3.26. The van der Waals surface area contributed by atoms with Crippen LogP contribution in [0.15, 0.2) is 30.3 Å². The van der Waals surface area contributed by atoms with Crippen molar-refractivity contribution in [3.63, 3.8) is 0 Å². The van der Waals surface area contributed by atoms with Crippen LogP contribution in [0.3, 0.4) is 0 Å². The molecule has 2 unspecified atom stereocenters. The fraction of sp³-hybridized carbons (Fsp3) is 0.182. The standard InChI is InChI=1S/C11H11NO3/c1-3-9(2)12(15,11(13)14)10-7-5-4-6-8-10/h1,4-9,15H,2H3. The van der Waals surface area contributed by atoms with Gasteiger partial charge in [-0.3, -0.25) is 0 Å². The molecule has 2 atom stereocenters. The molecule has 1 amide bonds. The van der Waals surface area contributed by atoms with Crippen molar-refractivity contribution in [3.8, 4) is 12.3 Å². The average Bonchev–Trinajstić information content (AvgIpc) is 2.27. The first kappa shape index (κ1) is 11.2. The number of carbonyl (C=O) groups excluding carboxylic acids is 1. The maximum absolute atomic E-state index is 10.9. The molecular formula is C11H11NO3. The second-order valence-corrected chi connectivity index (χ2v) is 3.13. The normalized spacial score (nSPS) is 16.1. The molecule has 0 saturated carbocycles. The lowest BCUT2D eigenvalue weighted by Gasteiger charge is -2.31. The van der Waals surface area contributed by atoms with E-state index in [-0.39, 0.29) is 5.69 Å². The van der Waals surface area contributed by atoms with Crippen molar-refractivity contribution in [2.45, 2.75) is 13.0 Å². The van der Waals surface area contributed by atoms with Gasteiger partial charge in [0.2, 0.25) is 0 Å². The van der Waals surface area contributed by atoms with Crippen LogP contribution in [-0.2, 0) is 0 Å². The molecule has 0 heterocycles. The van der Waals surface area contributed by atoms with E-state index >= 15 is 0 Å². The van der Waals surface area contributed by atoms with Gasteiger partial charge in [0.05, 0.1) is 0 Å². The number of nitrogens with zero attached hydrogens (tertiary/aromatic N) is 1. The van der Waals surface area contributed by atoms with Crippen molar-refractivity contribution in [1.82, 2.24) is 4.65 Å². The van der Waals surface area contributed by atoms with Gasteiger partial charge in [-0.25, -0.2) is 5.21 Å². The summed E-state index contributed by atoms with van der Waals surface area (Å²) in [4.78, 5) is 10.9. The molecule has 0 saturated heterocycles. The molecule has 4 nitrogen and oxygen atoms in total. The number of hydroxylamine groups is 2. The van der Waals surface area contributed by atoms with Gasteiger partial charge in [0.15, 0.2) is 11.7 Å². The fourth-order valence-electron chi connectivity index (χ4n) is 1.25. The van der Waals surface area contributed by atoms with Gasteiger partial charge in [-0.15, -0.1) is 6.42 Å². The van der Waals surface area contributed by atoms with E-state index < -0.39 is 16.8 Å². The quantitative estimate of drug-likeness (QED) is 0.335. The summed E-state index contributed by atoms with van der Waals surface area (Å²) in [5.74, 6) is 2.19. The molecular weight excluding hydrogens is 194 g/mol. The first-order chi connectivity index (χ1) is 7.03. The minimum atomic E-state index is -1.65. The molecule has 15 heavy (non-hydrogen) atoms. The predicted molar refractivity (Wildman–Crippen MR) is 53.7 cm³/mol. The smallest absolute Gasteiger partial charge is 0.298 e. The van der Waals surface area contributed by atoms with E-state index in [0.29, 0.717) is 0 Å². The zero-order valence-electron chi connectivity index (χ0n) is 8.25. The zero-order chi connectivity index (χ0) is 11.5. The molecule has 0 aliphatic rings. The average molecular weight is 205 g/mol. The molecule has 0 spiro atoms. The van der Waals surface area contributed by atoms with Crippen molar-refractivity contribution in [3.05, 3.63) is 30.3 Å². The van der Waals surface area contributed by atoms with Crippen molar-refractivity contribution >= 4 is 11.8 Å². The lowest BCUT2D eigenvalue weighted by atomic mass is 10.2. The van der Waals surface area contributed by atoms with Crippen LogP contribution in [0.5, 0.6) is 0 Å². The number of hydrogen-bond acceptors (Lipinski definition) is 3. The Kier molecular flexibility index (Phi) is 3.10. The summed E-state index contributed by atoms with van der Waals surface area (Å²) in [5, 5.41) is 20.9. The molecule has 78 valence electrons. The van der Waals surface area contributed by atoms with Gasteiger partial charge >= 0.3 is 0 Å². The van der Waals surface area contributed by atoms with Crippen LogP contribution in [-0.4, -0.2) is 17.3 Å². The Morgan fingerprint density at radius 2 is 2.07 bits per heavy atom. The minimum absolute atomic E-state index is 0.169. The van der Waals surface area contributed by atoms with Crippen molar-refractivity contribution in [1.29, 1.82) is 0 Å². The number of rotatable bonds is 2. The SMILES string of the molecule is C#CC(C)[N+](O)(C(=O)[O-])c1ccccc1. The Bertz CT molecular complexity index is 396. The van der Waals surface area contributed by atoms with Crippen LogP contribution in [0.2, 0.25) is 0 Å². The number of hydrogen-bond donors (Lipinski definition) is 1. The molecule has 1 rings (SSSR count). The minimum Gasteiger partial charge on any atom is -0.496 e. The van der Waals surface area contributed by atoms with E-state index in [1.807, 2.05) is 0 Å². The zero-order valence-corrected chi connectivity index (χ0v) is 8.25. The van der Waals surface area contributed by atoms with E-state index in [1.54, 1.807) is 18.2 Å². The second kappa shape index (κ2) is 4.13. The van der Waals surface area contributed by atoms with Crippen molar-refractivity contribution in [2.75, 3.05) is 0 Å². The van der Waals surface area contributed by atoms with E-state index in [9.17, 15) is 15.1 Å². The largest absolute Gasteiger partial charge is 0.496 e. The predicted octanol–water partition coefficient (Wildman–Crippen LogP) is 0.748. The maximum atomic E-state index is 10.9. The Morgan fingerprint density at radius 1 is 1.53 bits per heavy atom. The first-order valence-electron chi connectivity index (χ1n) is 4.38. The number of para-hydroxylation sites is 1. The molecule has 0 bridgehead atoms. The van der Waals surface area contributed by atoms with Gasteiger partial charge < -0.3 is 9.90 Å². The van der Waals surface area contributed by atoms with Gasteiger partial charge in [-0.05, 0) is 5.92 Å². The van der Waals surface area contributed by atoms with Gasteiger partial charge in [0.1, 0.15) is 0 Å². The Hall–Kier alpha value is -1.83. The number of carboxylic acid groups (broad SMARTS) is 1. The highest BCUT2D eigenvalue weighted by molar-refractivity contribution is 5.77. The first-order valence-corrected chi connectivity index (χ1v) is 4.38. The monoisotopic (exact) mass is 205 g/mol. The van der Waals surface area contributed by atoms with E-state index in [2.05, 4.69) is 5.92 Å². The van der Waals surface area contributed by atoms with Crippen molar-refractivity contribution in [2.24, 2.45) is 0 Å². The van der Waals surface area contributed by atoms with Gasteiger partial charge in [0, 0.05) is 19.1 Å². The number of benzene rings is 1. The molecule has 0 aliphatic carbocycles. The molecule has 1 aromatic rings. The van der Waals surface area contributed by atoms with Crippen LogP contribution in [0.1, 0.15) is 6.92 Å². The third-order valence-electron chi connectivity index (χ3n) is 2.23. The van der Waals surface area contributed by atoms with E-state index in [1.165, 1.54) is 19.1 Å². The summed E-state index contributed by atoms with van der Waals surface area (Å²) in [6.07, 6.45) is 3.47. The number of quaternary nitrogens is 1. The molecule has 0 aliphatic heterocycles. The highest BCUT2D eigenvalue weighted by Crippen LogP contribution is 2.22. The van der Waals surface area contributed by atoms with E-state index in [0.717, 1.165) is 0 Å². The third kappa shape index (κ3) is 1.84.